The van der Waals surface area contributed by atoms with Crippen molar-refractivity contribution in [1.29, 1.82) is 0 Å². The van der Waals surface area contributed by atoms with Crippen LogP contribution in [0.3, 0.4) is 0 Å². The lowest BCUT2D eigenvalue weighted by Gasteiger charge is -2.21. The van der Waals surface area contributed by atoms with E-state index in [9.17, 15) is 4.79 Å². The third-order valence-corrected chi connectivity index (χ3v) is 4.29. The zero-order valence-electron chi connectivity index (χ0n) is 16.0. The lowest BCUT2D eigenvalue weighted by atomic mass is 9.97. The van der Waals surface area contributed by atoms with Crippen LogP contribution in [0.2, 0.25) is 0 Å². The van der Waals surface area contributed by atoms with Crippen LogP contribution in [-0.4, -0.2) is 26.1 Å². The van der Waals surface area contributed by atoms with E-state index in [1.54, 1.807) is 0 Å². The van der Waals surface area contributed by atoms with E-state index in [0.717, 1.165) is 17.5 Å². The van der Waals surface area contributed by atoms with Crippen LogP contribution in [0, 0.1) is 12.8 Å². The molecule has 0 aliphatic heterocycles. The summed E-state index contributed by atoms with van der Waals surface area (Å²) in [7, 11) is 0. The predicted octanol–water partition coefficient (Wildman–Crippen LogP) is 3.55. The van der Waals surface area contributed by atoms with Gasteiger partial charge in [-0.2, -0.15) is 4.80 Å². The highest BCUT2D eigenvalue weighted by Gasteiger charge is 2.17. The number of benzene rings is 2. The maximum Gasteiger partial charge on any atom is 0.244 e. The van der Waals surface area contributed by atoms with E-state index >= 15 is 0 Å². The summed E-state index contributed by atoms with van der Waals surface area (Å²) < 4.78 is 0. The molecule has 3 aromatic rings. The van der Waals surface area contributed by atoms with Crippen molar-refractivity contribution in [2.45, 2.75) is 39.8 Å². The van der Waals surface area contributed by atoms with Crippen molar-refractivity contribution in [3.05, 3.63) is 65.7 Å². The second-order valence-electron chi connectivity index (χ2n) is 7.17. The molecule has 1 atom stereocenters. The summed E-state index contributed by atoms with van der Waals surface area (Å²) in [4.78, 5) is 13.9. The van der Waals surface area contributed by atoms with Gasteiger partial charge >= 0.3 is 0 Å². The first-order valence-electron chi connectivity index (χ1n) is 9.20. The Morgan fingerprint density at radius 2 is 1.78 bits per heavy atom. The van der Waals surface area contributed by atoms with Gasteiger partial charge in [0, 0.05) is 5.56 Å². The molecule has 1 aromatic heterocycles. The number of nitrogens with one attached hydrogen (secondary N) is 1. The van der Waals surface area contributed by atoms with Gasteiger partial charge in [0.1, 0.15) is 6.54 Å². The predicted molar refractivity (Wildman–Crippen MR) is 105 cm³/mol. The molecule has 0 saturated heterocycles. The topological polar surface area (TPSA) is 72.7 Å². The molecule has 27 heavy (non-hydrogen) atoms. The zero-order valence-corrected chi connectivity index (χ0v) is 16.0. The van der Waals surface area contributed by atoms with E-state index in [1.165, 1.54) is 10.4 Å². The van der Waals surface area contributed by atoms with Crippen LogP contribution >= 0.6 is 0 Å². The number of carbonyl (C=O) groups is 1. The van der Waals surface area contributed by atoms with Crippen molar-refractivity contribution < 1.29 is 4.79 Å². The molecule has 0 radical (unpaired) electrons. The number of nitrogens with zero attached hydrogens (tertiary/aromatic N) is 4. The fourth-order valence-electron chi connectivity index (χ4n) is 2.93. The second-order valence-corrected chi connectivity index (χ2v) is 7.17. The van der Waals surface area contributed by atoms with Crippen molar-refractivity contribution >= 4 is 5.91 Å². The average molecular weight is 363 g/mol. The summed E-state index contributed by atoms with van der Waals surface area (Å²) in [5.41, 5.74) is 3.16. The molecule has 1 amide bonds. The van der Waals surface area contributed by atoms with E-state index in [0.29, 0.717) is 11.7 Å². The molecule has 1 unspecified atom stereocenters. The smallest absolute Gasteiger partial charge is 0.244 e. The molecule has 1 heterocycles. The number of carbonyl (C=O) groups excluding carboxylic acids is 1. The first-order chi connectivity index (χ1) is 13.0. The standard InChI is InChI=1S/C21H25N5O/c1-15(2)13-19(17-7-5-4-6-8-17)22-20(27)14-26-24-21(23-25-26)18-11-9-16(3)10-12-18/h4-12,15,19H,13-14H2,1-3H3,(H,22,27). The van der Waals surface area contributed by atoms with Crippen molar-refractivity contribution in [2.24, 2.45) is 5.92 Å². The number of hydrogen-bond acceptors (Lipinski definition) is 4. The minimum atomic E-state index is -0.127. The average Bonchev–Trinajstić information content (AvgIpc) is 3.10. The highest BCUT2D eigenvalue weighted by atomic mass is 16.2. The normalized spacial score (nSPS) is 12.1. The first-order valence-corrected chi connectivity index (χ1v) is 9.20. The minimum Gasteiger partial charge on any atom is -0.348 e. The highest BCUT2D eigenvalue weighted by molar-refractivity contribution is 5.76. The van der Waals surface area contributed by atoms with Crippen LogP contribution in [0.5, 0.6) is 0 Å². The van der Waals surface area contributed by atoms with Crippen LogP contribution in [0.25, 0.3) is 11.4 Å². The summed E-state index contributed by atoms with van der Waals surface area (Å²) in [5, 5.41) is 15.5. The van der Waals surface area contributed by atoms with Crippen molar-refractivity contribution in [3.63, 3.8) is 0 Å². The molecule has 6 nitrogen and oxygen atoms in total. The van der Waals surface area contributed by atoms with Crippen molar-refractivity contribution in [2.75, 3.05) is 0 Å². The Bertz CT molecular complexity index is 871. The number of aryl methyl sites for hydroxylation is 1. The lowest BCUT2D eigenvalue weighted by molar-refractivity contribution is -0.123. The van der Waals surface area contributed by atoms with Crippen LogP contribution in [-0.2, 0) is 11.3 Å². The van der Waals surface area contributed by atoms with E-state index in [4.69, 9.17) is 0 Å². The number of aromatic nitrogens is 4. The van der Waals surface area contributed by atoms with Gasteiger partial charge < -0.3 is 5.32 Å². The SMILES string of the molecule is Cc1ccc(-c2nnn(CC(=O)NC(CC(C)C)c3ccccc3)n2)cc1. The molecule has 0 saturated carbocycles. The van der Waals surface area contributed by atoms with Crippen LogP contribution in [0.15, 0.2) is 54.6 Å². The maximum absolute atomic E-state index is 12.5. The van der Waals surface area contributed by atoms with Crippen molar-refractivity contribution in [1.82, 2.24) is 25.5 Å². The van der Waals surface area contributed by atoms with Gasteiger partial charge in [-0.05, 0) is 30.0 Å². The van der Waals surface area contributed by atoms with E-state index in [2.05, 4.69) is 34.6 Å². The van der Waals surface area contributed by atoms with E-state index in [1.807, 2.05) is 61.5 Å². The van der Waals surface area contributed by atoms with Crippen molar-refractivity contribution in [3.8, 4) is 11.4 Å². The monoisotopic (exact) mass is 363 g/mol. The molecule has 0 aliphatic rings. The quantitative estimate of drug-likeness (QED) is 0.697. The Morgan fingerprint density at radius 3 is 2.44 bits per heavy atom. The Labute approximate surface area is 159 Å². The fraction of sp³-hybridized carbons (Fsp3) is 0.333. The molecule has 0 bridgehead atoms. The van der Waals surface area contributed by atoms with Crippen LogP contribution in [0.4, 0.5) is 0 Å². The van der Waals surface area contributed by atoms with E-state index in [-0.39, 0.29) is 18.5 Å². The van der Waals surface area contributed by atoms with E-state index < -0.39 is 0 Å². The van der Waals surface area contributed by atoms with Gasteiger partial charge in [0.2, 0.25) is 11.7 Å². The van der Waals surface area contributed by atoms with Gasteiger partial charge in [0.15, 0.2) is 0 Å². The van der Waals surface area contributed by atoms with Gasteiger partial charge in [0.05, 0.1) is 6.04 Å². The molecule has 1 N–H and O–H groups in total. The van der Waals surface area contributed by atoms with Gasteiger partial charge in [-0.25, -0.2) is 0 Å². The summed E-state index contributed by atoms with van der Waals surface area (Å²) in [6.07, 6.45) is 0.870. The molecule has 6 heteroatoms. The highest BCUT2D eigenvalue weighted by Crippen LogP contribution is 2.21. The molecule has 2 aromatic carbocycles. The fourth-order valence-corrected chi connectivity index (χ4v) is 2.93. The molecule has 0 spiro atoms. The Morgan fingerprint density at radius 1 is 1.07 bits per heavy atom. The molecular formula is C21H25N5O. The molecule has 3 rings (SSSR count). The third-order valence-electron chi connectivity index (χ3n) is 4.29. The molecule has 0 aliphatic carbocycles. The Hall–Kier alpha value is -3.02. The zero-order chi connectivity index (χ0) is 19.2. The Kier molecular flexibility index (Phi) is 5.96. The van der Waals surface area contributed by atoms with Gasteiger partial charge in [-0.1, -0.05) is 74.0 Å². The summed E-state index contributed by atoms with van der Waals surface area (Å²) >= 11 is 0. The van der Waals surface area contributed by atoms with Gasteiger partial charge in [-0.3, -0.25) is 4.79 Å². The molecule has 0 fully saturated rings. The third kappa shape index (κ3) is 5.23. The second kappa shape index (κ2) is 8.58. The summed E-state index contributed by atoms with van der Waals surface area (Å²) in [5.74, 6) is 0.857. The minimum absolute atomic E-state index is 0.0289. The largest absolute Gasteiger partial charge is 0.348 e. The molecular weight excluding hydrogens is 338 g/mol. The lowest BCUT2D eigenvalue weighted by Crippen LogP contribution is -2.33. The Balaban J connectivity index is 1.66. The summed E-state index contributed by atoms with van der Waals surface area (Å²) in [6, 6.07) is 17.9. The number of rotatable bonds is 7. The van der Waals surface area contributed by atoms with Crippen LogP contribution in [0.1, 0.15) is 37.4 Å². The van der Waals surface area contributed by atoms with Gasteiger partial charge in [-0.15, -0.1) is 10.2 Å². The number of tetrazole rings is 1. The van der Waals surface area contributed by atoms with Crippen LogP contribution < -0.4 is 5.32 Å². The van der Waals surface area contributed by atoms with Gasteiger partial charge in [0.25, 0.3) is 0 Å². The maximum atomic E-state index is 12.5. The number of hydrogen-bond donors (Lipinski definition) is 1. The first kappa shape index (κ1) is 18.8. The molecule has 140 valence electrons. The number of amides is 1. The summed E-state index contributed by atoms with van der Waals surface area (Å²) in [6.45, 7) is 6.36.